The highest BCUT2D eigenvalue weighted by molar-refractivity contribution is 5.72. The molecule has 0 amide bonds. The van der Waals surface area contributed by atoms with Gasteiger partial charge in [-0.3, -0.25) is 4.79 Å². The second kappa shape index (κ2) is 6.13. The maximum Gasteiger partial charge on any atom is 0.307 e. The molecule has 0 heterocycles. The first-order chi connectivity index (χ1) is 8.08. The summed E-state index contributed by atoms with van der Waals surface area (Å²) in [6, 6.07) is 3.57. The molecule has 0 aliphatic rings. The van der Waals surface area contributed by atoms with Crippen molar-refractivity contribution >= 4 is 5.97 Å². The third-order valence-electron chi connectivity index (χ3n) is 2.30. The fourth-order valence-electron chi connectivity index (χ4n) is 1.61. The standard InChI is InChI=1S/C13H18O4/c1-4-16-11-7-10(8-13(14)15)12(17-5-2)6-9(11)3/h6-7H,4-5,8H2,1-3H3,(H,14,15). The van der Waals surface area contributed by atoms with Crippen LogP contribution in [-0.4, -0.2) is 24.3 Å². The van der Waals surface area contributed by atoms with E-state index in [0.29, 0.717) is 30.3 Å². The van der Waals surface area contributed by atoms with Gasteiger partial charge in [-0.15, -0.1) is 0 Å². The average molecular weight is 238 g/mol. The van der Waals surface area contributed by atoms with Gasteiger partial charge >= 0.3 is 5.97 Å². The van der Waals surface area contributed by atoms with Crippen molar-refractivity contribution < 1.29 is 19.4 Å². The first-order valence-electron chi connectivity index (χ1n) is 5.69. The van der Waals surface area contributed by atoms with E-state index >= 15 is 0 Å². The van der Waals surface area contributed by atoms with Gasteiger partial charge in [0.15, 0.2) is 0 Å². The summed E-state index contributed by atoms with van der Waals surface area (Å²) >= 11 is 0. The van der Waals surface area contributed by atoms with Crippen LogP contribution >= 0.6 is 0 Å². The number of ether oxygens (including phenoxy) is 2. The third-order valence-corrected chi connectivity index (χ3v) is 2.30. The molecule has 0 unspecified atom stereocenters. The van der Waals surface area contributed by atoms with Crippen molar-refractivity contribution in [3.63, 3.8) is 0 Å². The molecule has 1 aromatic rings. The molecule has 94 valence electrons. The van der Waals surface area contributed by atoms with E-state index in [4.69, 9.17) is 14.6 Å². The van der Waals surface area contributed by atoms with Crippen molar-refractivity contribution in [3.05, 3.63) is 23.3 Å². The van der Waals surface area contributed by atoms with Crippen molar-refractivity contribution in [2.24, 2.45) is 0 Å². The largest absolute Gasteiger partial charge is 0.494 e. The van der Waals surface area contributed by atoms with Gasteiger partial charge in [-0.25, -0.2) is 0 Å². The lowest BCUT2D eigenvalue weighted by molar-refractivity contribution is -0.136. The monoisotopic (exact) mass is 238 g/mol. The average Bonchev–Trinajstić information content (AvgIpc) is 2.24. The summed E-state index contributed by atoms with van der Waals surface area (Å²) in [4.78, 5) is 10.8. The number of benzene rings is 1. The van der Waals surface area contributed by atoms with Gasteiger partial charge in [-0.2, -0.15) is 0 Å². The maximum absolute atomic E-state index is 10.8. The van der Waals surface area contributed by atoms with Gasteiger partial charge < -0.3 is 14.6 Å². The van der Waals surface area contributed by atoms with E-state index in [-0.39, 0.29) is 6.42 Å². The summed E-state index contributed by atoms with van der Waals surface area (Å²) in [6.45, 7) is 6.75. The van der Waals surface area contributed by atoms with E-state index in [1.807, 2.05) is 26.8 Å². The Kier molecular flexibility index (Phi) is 4.82. The summed E-state index contributed by atoms with van der Waals surface area (Å²) in [5.41, 5.74) is 1.60. The van der Waals surface area contributed by atoms with Crippen LogP contribution in [0.25, 0.3) is 0 Å². The van der Waals surface area contributed by atoms with Crippen molar-refractivity contribution in [3.8, 4) is 11.5 Å². The van der Waals surface area contributed by atoms with Gasteiger partial charge in [0.05, 0.1) is 19.6 Å². The lowest BCUT2D eigenvalue weighted by Crippen LogP contribution is -2.05. The van der Waals surface area contributed by atoms with Crippen molar-refractivity contribution in [2.45, 2.75) is 27.2 Å². The maximum atomic E-state index is 10.8. The Morgan fingerprint density at radius 2 is 1.76 bits per heavy atom. The molecule has 0 bridgehead atoms. The van der Waals surface area contributed by atoms with Crippen LogP contribution in [0.15, 0.2) is 12.1 Å². The molecule has 17 heavy (non-hydrogen) atoms. The van der Waals surface area contributed by atoms with E-state index in [1.165, 1.54) is 0 Å². The zero-order valence-corrected chi connectivity index (χ0v) is 10.4. The second-order valence-electron chi connectivity index (χ2n) is 3.66. The van der Waals surface area contributed by atoms with Gasteiger partial charge in [0, 0.05) is 5.56 Å². The molecule has 0 saturated heterocycles. The van der Waals surface area contributed by atoms with Crippen LogP contribution in [0.5, 0.6) is 11.5 Å². The number of aliphatic carboxylic acids is 1. The van der Waals surface area contributed by atoms with E-state index < -0.39 is 5.97 Å². The molecule has 0 radical (unpaired) electrons. The third kappa shape index (κ3) is 3.66. The summed E-state index contributed by atoms with van der Waals surface area (Å²) < 4.78 is 10.9. The Bertz CT molecular complexity index is 399. The summed E-state index contributed by atoms with van der Waals surface area (Å²) in [6.07, 6.45) is -0.0598. The molecule has 0 saturated carbocycles. The van der Waals surface area contributed by atoms with Gasteiger partial charge in [-0.05, 0) is 38.5 Å². The SMILES string of the molecule is CCOc1cc(CC(=O)O)c(OCC)cc1C. The van der Waals surface area contributed by atoms with Crippen LogP contribution in [0.1, 0.15) is 25.0 Å². The molecule has 4 nitrogen and oxygen atoms in total. The highest BCUT2D eigenvalue weighted by atomic mass is 16.5. The summed E-state index contributed by atoms with van der Waals surface area (Å²) in [5, 5.41) is 8.85. The predicted octanol–water partition coefficient (Wildman–Crippen LogP) is 2.42. The van der Waals surface area contributed by atoms with Crippen molar-refractivity contribution in [1.29, 1.82) is 0 Å². The Morgan fingerprint density at radius 3 is 2.29 bits per heavy atom. The Morgan fingerprint density at radius 1 is 1.18 bits per heavy atom. The number of aryl methyl sites for hydroxylation is 1. The molecule has 4 heteroatoms. The molecule has 1 rings (SSSR count). The van der Waals surface area contributed by atoms with Gasteiger partial charge in [0.2, 0.25) is 0 Å². The fourth-order valence-corrected chi connectivity index (χ4v) is 1.61. The lowest BCUT2D eigenvalue weighted by Gasteiger charge is -2.14. The highest BCUT2D eigenvalue weighted by Gasteiger charge is 2.12. The second-order valence-corrected chi connectivity index (χ2v) is 3.66. The lowest BCUT2D eigenvalue weighted by atomic mass is 10.1. The van der Waals surface area contributed by atoms with Gasteiger partial charge in [0.1, 0.15) is 11.5 Å². The molecule has 1 N–H and O–H groups in total. The first kappa shape index (κ1) is 13.4. The van der Waals surface area contributed by atoms with Gasteiger partial charge in [0.25, 0.3) is 0 Å². The van der Waals surface area contributed by atoms with Crippen molar-refractivity contribution in [1.82, 2.24) is 0 Å². The molecule has 1 aromatic carbocycles. The predicted molar refractivity (Wildman–Crippen MR) is 64.9 cm³/mol. The number of hydrogen-bond donors (Lipinski definition) is 1. The Balaban J connectivity index is 3.11. The van der Waals surface area contributed by atoms with Crippen molar-refractivity contribution in [2.75, 3.05) is 13.2 Å². The fraction of sp³-hybridized carbons (Fsp3) is 0.462. The first-order valence-corrected chi connectivity index (χ1v) is 5.69. The minimum Gasteiger partial charge on any atom is -0.494 e. The Labute approximate surface area is 101 Å². The smallest absolute Gasteiger partial charge is 0.307 e. The molecular weight excluding hydrogens is 220 g/mol. The molecule has 0 aliphatic heterocycles. The summed E-state index contributed by atoms with van der Waals surface area (Å²) in [7, 11) is 0. The normalized spacial score (nSPS) is 10.1. The minimum atomic E-state index is -0.878. The van der Waals surface area contributed by atoms with Crippen LogP contribution in [-0.2, 0) is 11.2 Å². The number of carboxylic acid groups (broad SMARTS) is 1. The van der Waals surface area contributed by atoms with E-state index in [9.17, 15) is 4.79 Å². The minimum absolute atomic E-state index is 0.0598. The zero-order chi connectivity index (χ0) is 12.8. The topological polar surface area (TPSA) is 55.8 Å². The summed E-state index contributed by atoms with van der Waals surface area (Å²) in [5.74, 6) is 0.459. The van der Waals surface area contributed by atoms with Crippen LogP contribution in [0.3, 0.4) is 0 Å². The highest BCUT2D eigenvalue weighted by Crippen LogP contribution is 2.29. The van der Waals surface area contributed by atoms with E-state index in [1.54, 1.807) is 6.07 Å². The van der Waals surface area contributed by atoms with Crippen LogP contribution in [0.2, 0.25) is 0 Å². The molecule has 0 spiro atoms. The van der Waals surface area contributed by atoms with E-state index in [0.717, 1.165) is 5.56 Å². The Hall–Kier alpha value is -1.71. The van der Waals surface area contributed by atoms with Gasteiger partial charge in [-0.1, -0.05) is 0 Å². The molecule has 0 aliphatic carbocycles. The molecule has 0 aromatic heterocycles. The van der Waals surface area contributed by atoms with Crippen LogP contribution < -0.4 is 9.47 Å². The number of rotatable bonds is 6. The zero-order valence-electron chi connectivity index (χ0n) is 10.4. The molecular formula is C13H18O4. The number of carboxylic acids is 1. The molecule has 0 fully saturated rings. The van der Waals surface area contributed by atoms with Crippen LogP contribution in [0.4, 0.5) is 0 Å². The number of carbonyl (C=O) groups is 1. The van der Waals surface area contributed by atoms with Crippen LogP contribution in [0, 0.1) is 6.92 Å². The quantitative estimate of drug-likeness (QED) is 0.827. The number of hydrogen-bond acceptors (Lipinski definition) is 3. The van der Waals surface area contributed by atoms with E-state index in [2.05, 4.69) is 0 Å². The molecule has 0 atom stereocenters.